The SMILES string of the molecule is CC1(C)C(NC(=O)c2ccc(CCCCCOCCCNc3cccc4c3C(=O)N(C3CCC(=O)NC3=O)C4=O)cc2)C(C)(C)C1Oc1ccc(C#N)c(Cl)c1. The van der Waals surface area contributed by atoms with Gasteiger partial charge < -0.3 is 20.1 Å². The number of hydrogen-bond donors (Lipinski definition) is 3. The summed E-state index contributed by atoms with van der Waals surface area (Å²) in [6.07, 6.45) is 4.51. The molecule has 1 saturated carbocycles. The van der Waals surface area contributed by atoms with E-state index in [0.29, 0.717) is 53.8 Å². The van der Waals surface area contributed by atoms with Crippen LogP contribution in [0.3, 0.4) is 0 Å². The van der Waals surface area contributed by atoms with E-state index in [9.17, 15) is 29.2 Å². The Morgan fingerprint density at radius 1 is 0.946 bits per heavy atom. The number of benzene rings is 3. The highest BCUT2D eigenvalue weighted by Crippen LogP contribution is 2.55. The lowest BCUT2D eigenvalue weighted by molar-refractivity contribution is -0.164. The Hall–Kier alpha value is -5.25. The van der Waals surface area contributed by atoms with Gasteiger partial charge in [0.15, 0.2) is 0 Å². The Bertz CT molecular complexity index is 2040. The number of nitriles is 1. The molecule has 1 unspecified atom stereocenters. The lowest BCUT2D eigenvalue weighted by atomic mass is 9.49. The highest BCUT2D eigenvalue weighted by molar-refractivity contribution is 6.31. The van der Waals surface area contributed by atoms with Crippen molar-refractivity contribution in [2.75, 3.05) is 25.1 Å². The first-order valence-electron chi connectivity index (χ1n) is 19.2. The van der Waals surface area contributed by atoms with Gasteiger partial charge in [0.25, 0.3) is 17.7 Å². The molecule has 0 aromatic heterocycles. The fourth-order valence-electron chi connectivity index (χ4n) is 8.50. The van der Waals surface area contributed by atoms with Gasteiger partial charge in [-0.3, -0.25) is 34.2 Å². The van der Waals surface area contributed by atoms with Crippen molar-refractivity contribution in [2.45, 2.75) is 90.8 Å². The summed E-state index contributed by atoms with van der Waals surface area (Å²) < 4.78 is 12.2. The number of piperidine rings is 1. The minimum atomic E-state index is -1.00. The number of ether oxygens (including phenoxy) is 2. The van der Waals surface area contributed by atoms with E-state index in [1.165, 1.54) is 5.56 Å². The molecule has 6 rings (SSSR count). The van der Waals surface area contributed by atoms with Crippen molar-refractivity contribution in [3.05, 3.63) is 93.5 Å². The maximum atomic E-state index is 13.3. The number of carbonyl (C=O) groups excluding carboxylic acids is 5. The Labute approximate surface area is 332 Å². The number of rotatable bonds is 16. The Kier molecular flexibility index (Phi) is 12.2. The van der Waals surface area contributed by atoms with Crippen LogP contribution in [0.4, 0.5) is 5.69 Å². The van der Waals surface area contributed by atoms with Crippen molar-refractivity contribution in [1.82, 2.24) is 15.5 Å². The number of unbranched alkanes of at least 4 members (excludes halogenated alkanes) is 2. The summed E-state index contributed by atoms with van der Waals surface area (Å²) in [6, 6.07) is 18.8. The summed E-state index contributed by atoms with van der Waals surface area (Å²) in [5, 5.41) is 18.2. The van der Waals surface area contributed by atoms with Gasteiger partial charge in [0, 0.05) is 60.4 Å². The lowest BCUT2D eigenvalue weighted by Crippen LogP contribution is -2.74. The number of anilines is 1. The van der Waals surface area contributed by atoms with Crippen molar-refractivity contribution in [3.63, 3.8) is 0 Å². The van der Waals surface area contributed by atoms with E-state index in [4.69, 9.17) is 21.1 Å². The van der Waals surface area contributed by atoms with E-state index in [1.54, 1.807) is 36.4 Å². The van der Waals surface area contributed by atoms with Crippen LogP contribution in [0.2, 0.25) is 5.02 Å². The largest absolute Gasteiger partial charge is 0.489 e. The molecule has 2 heterocycles. The molecule has 5 amide bonds. The minimum absolute atomic E-state index is 0.0728. The molecule has 3 aromatic carbocycles. The average molecular weight is 782 g/mol. The molecule has 1 aliphatic carbocycles. The monoisotopic (exact) mass is 781 g/mol. The van der Waals surface area contributed by atoms with E-state index in [2.05, 4.69) is 49.7 Å². The van der Waals surface area contributed by atoms with Gasteiger partial charge in [0.05, 0.1) is 21.7 Å². The van der Waals surface area contributed by atoms with E-state index in [-0.39, 0.29) is 52.9 Å². The Morgan fingerprint density at radius 2 is 1.68 bits per heavy atom. The van der Waals surface area contributed by atoms with Crippen LogP contribution in [0.1, 0.15) is 108 Å². The standard InChI is InChI=1S/C43H48ClN5O7/c1-42(2)40(43(3,4)41(42)56-29-18-17-28(25-45)31(44)24-29)48-36(51)27-15-13-26(14-16-27)10-6-5-7-22-55-23-9-21-46-32-12-8-11-30-35(32)39(54)49(38(30)53)33-19-20-34(50)47-37(33)52/h8,11-18,24,33,40-41,46H,5-7,9-10,19-23H2,1-4H3,(H,48,51)(H,47,50,52). The summed E-state index contributed by atoms with van der Waals surface area (Å²) >= 11 is 6.22. The summed E-state index contributed by atoms with van der Waals surface area (Å²) in [5.41, 5.74) is 2.49. The second-order valence-corrected chi connectivity index (χ2v) is 16.3. The van der Waals surface area contributed by atoms with E-state index >= 15 is 0 Å². The van der Waals surface area contributed by atoms with Gasteiger partial charge in [0.2, 0.25) is 11.8 Å². The quantitative estimate of drug-likeness (QED) is 0.109. The topological polar surface area (TPSA) is 167 Å². The number of aryl methyl sites for hydroxylation is 1. The smallest absolute Gasteiger partial charge is 0.264 e. The van der Waals surface area contributed by atoms with Crippen molar-refractivity contribution in [2.24, 2.45) is 10.8 Å². The van der Waals surface area contributed by atoms with Crippen LogP contribution in [0.15, 0.2) is 60.7 Å². The van der Waals surface area contributed by atoms with Gasteiger partial charge in [-0.25, -0.2) is 0 Å². The third-order valence-electron chi connectivity index (χ3n) is 11.1. The molecule has 294 valence electrons. The predicted octanol–water partition coefficient (Wildman–Crippen LogP) is 6.46. The second kappa shape index (κ2) is 16.9. The molecular formula is C43H48ClN5O7. The molecule has 3 aliphatic rings. The second-order valence-electron chi connectivity index (χ2n) is 15.9. The molecule has 1 saturated heterocycles. The average Bonchev–Trinajstić information content (AvgIpc) is 3.42. The van der Waals surface area contributed by atoms with Gasteiger partial charge >= 0.3 is 0 Å². The van der Waals surface area contributed by atoms with Crippen LogP contribution < -0.4 is 20.7 Å². The summed E-state index contributed by atoms with van der Waals surface area (Å²) in [4.78, 5) is 64.5. The molecule has 1 atom stereocenters. The fourth-order valence-corrected chi connectivity index (χ4v) is 8.72. The maximum Gasteiger partial charge on any atom is 0.264 e. The van der Waals surface area contributed by atoms with Crippen molar-refractivity contribution in [3.8, 4) is 11.8 Å². The van der Waals surface area contributed by atoms with E-state index < -0.39 is 29.7 Å². The summed E-state index contributed by atoms with van der Waals surface area (Å²) in [6.45, 7) is 10.0. The van der Waals surface area contributed by atoms with Crippen LogP contribution in [0.5, 0.6) is 5.75 Å². The number of nitrogens with zero attached hydrogens (tertiary/aromatic N) is 2. The minimum Gasteiger partial charge on any atom is -0.489 e. The van der Waals surface area contributed by atoms with Crippen LogP contribution in [0, 0.1) is 22.2 Å². The van der Waals surface area contributed by atoms with Crippen molar-refractivity contribution in [1.29, 1.82) is 5.26 Å². The van der Waals surface area contributed by atoms with Crippen LogP contribution in [-0.4, -0.2) is 72.4 Å². The molecule has 2 aliphatic heterocycles. The van der Waals surface area contributed by atoms with Gasteiger partial charge in [0.1, 0.15) is 24.0 Å². The van der Waals surface area contributed by atoms with Gasteiger partial charge in [-0.05, 0) is 74.1 Å². The summed E-state index contributed by atoms with van der Waals surface area (Å²) in [5.74, 6) is -1.64. The van der Waals surface area contributed by atoms with E-state index in [1.807, 2.05) is 24.3 Å². The third kappa shape index (κ3) is 8.30. The lowest BCUT2D eigenvalue weighted by Gasteiger charge is -2.63. The molecule has 3 aromatic rings. The van der Waals surface area contributed by atoms with Crippen LogP contribution in [-0.2, 0) is 20.7 Å². The van der Waals surface area contributed by atoms with Gasteiger partial charge in [-0.15, -0.1) is 0 Å². The molecule has 0 radical (unpaired) electrons. The first kappa shape index (κ1) is 40.4. The summed E-state index contributed by atoms with van der Waals surface area (Å²) in [7, 11) is 0. The highest BCUT2D eigenvalue weighted by Gasteiger charge is 2.64. The predicted molar refractivity (Wildman–Crippen MR) is 210 cm³/mol. The molecule has 13 heteroatoms. The van der Waals surface area contributed by atoms with Crippen molar-refractivity contribution < 1.29 is 33.4 Å². The van der Waals surface area contributed by atoms with E-state index in [0.717, 1.165) is 30.6 Å². The zero-order valence-corrected chi connectivity index (χ0v) is 33.0. The first-order valence-corrected chi connectivity index (χ1v) is 19.5. The number of halogens is 1. The normalized spacial score (nSPS) is 20.8. The Morgan fingerprint density at radius 3 is 2.38 bits per heavy atom. The maximum absolute atomic E-state index is 13.3. The number of amides is 5. The number of fused-ring (bicyclic) bond motifs is 1. The number of imide groups is 2. The highest BCUT2D eigenvalue weighted by atomic mass is 35.5. The molecule has 12 nitrogen and oxygen atoms in total. The molecule has 2 fully saturated rings. The first-order chi connectivity index (χ1) is 26.7. The molecule has 56 heavy (non-hydrogen) atoms. The van der Waals surface area contributed by atoms with Gasteiger partial charge in [-0.1, -0.05) is 63.9 Å². The number of carbonyl (C=O) groups is 5. The van der Waals surface area contributed by atoms with Crippen LogP contribution in [0.25, 0.3) is 0 Å². The van der Waals surface area contributed by atoms with Crippen molar-refractivity contribution >= 4 is 46.8 Å². The van der Waals surface area contributed by atoms with Crippen LogP contribution >= 0.6 is 11.6 Å². The zero-order chi connectivity index (χ0) is 40.2. The molecular weight excluding hydrogens is 734 g/mol. The number of hydrogen-bond acceptors (Lipinski definition) is 9. The molecule has 3 N–H and O–H groups in total. The zero-order valence-electron chi connectivity index (χ0n) is 32.2. The third-order valence-corrected chi connectivity index (χ3v) is 11.5. The van der Waals surface area contributed by atoms with Gasteiger partial charge in [-0.2, -0.15) is 5.26 Å². The fraction of sp³-hybridized carbons (Fsp3) is 0.442. The Balaban J connectivity index is 0.864. The number of nitrogens with one attached hydrogen (secondary N) is 3. The molecule has 0 bridgehead atoms. The molecule has 0 spiro atoms.